The zero-order valence-electron chi connectivity index (χ0n) is 13.2. The second-order valence-electron chi connectivity index (χ2n) is 5.86. The molecule has 0 saturated carbocycles. The van der Waals surface area contributed by atoms with E-state index in [0.29, 0.717) is 12.2 Å². The van der Waals surface area contributed by atoms with E-state index in [1.165, 1.54) is 0 Å². The molecular weight excluding hydrogens is 270 g/mol. The number of nitrogens with one attached hydrogen (secondary N) is 1. The summed E-state index contributed by atoms with van der Waals surface area (Å²) in [7, 11) is 1.61. The maximum atomic E-state index is 12.0. The van der Waals surface area contributed by atoms with Gasteiger partial charge in [0.1, 0.15) is 11.6 Å². The third-order valence-corrected chi connectivity index (χ3v) is 2.64. The highest BCUT2D eigenvalue weighted by molar-refractivity contribution is 5.96. The molecular formula is C16H23NO4. The van der Waals surface area contributed by atoms with Gasteiger partial charge in [0, 0.05) is 12.7 Å². The van der Waals surface area contributed by atoms with Gasteiger partial charge in [-0.15, -0.1) is 0 Å². The molecule has 0 spiro atoms. The molecule has 0 fully saturated rings. The van der Waals surface area contributed by atoms with E-state index in [2.05, 4.69) is 5.32 Å². The van der Waals surface area contributed by atoms with Crippen LogP contribution in [0.15, 0.2) is 24.3 Å². The molecule has 0 saturated heterocycles. The van der Waals surface area contributed by atoms with Gasteiger partial charge in [-0.3, -0.25) is 4.79 Å². The molecule has 1 aromatic rings. The van der Waals surface area contributed by atoms with E-state index in [0.717, 1.165) is 5.56 Å². The third-order valence-electron chi connectivity index (χ3n) is 2.64. The fourth-order valence-corrected chi connectivity index (χ4v) is 1.65. The van der Waals surface area contributed by atoms with Gasteiger partial charge in [0.15, 0.2) is 0 Å². The second-order valence-corrected chi connectivity index (χ2v) is 5.86. The largest absolute Gasteiger partial charge is 0.458 e. The molecule has 5 heteroatoms. The lowest BCUT2D eigenvalue weighted by Crippen LogP contribution is -2.42. The molecule has 5 nitrogen and oxygen atoms in total. The predicted molar refractivity (Wildman–Crippen MR) is 79.9 cm³/mol. The minimum Gasteiger partial charge on any atom is -0.458 e. The first-order valence-corrected chi connectivity index (χ1v) is 6.84. The quantitative estimate of drug-likeness (QED) is 0.846. The van der Waals surface area contributed by atoms with E-state index < -0.39 is 17.6 Å². The first-order valence-electron chi connectivity index (χ1n) is 6.84. The highest BCUT2D eigenvalue weighted by Gasteiger charge is 2.23. The van der Waals surface area contributed by atoms with E-state index in [1.807, 2.05) is 12.1 Å². The molecule has 0 aliphatic carbocycles. The Morgan fingerprint density at radius 2 is 1.76 bits per heavy atom. The van der Waals surface area contributed by atoms with E-state index in [-0.39, 0.29) is 5.91 Å². The van der Waals surface area contributed by atoms with Crippen molar-refractivity contribution in [3.05, 3.63) is 35.4 Å². The summed E-state index contributed by atoms with van der Waals surface area (Å²) < 4.78 is 10.2. The molecule has 1 amide bonds. The van der Waals surface area contributed by atoms with Gasteiger partial charge in [-0.25, -0.2) is 4.79 Å². The van der Waals surface area contributed by atoms with Crippen molar-refractivity contribution >= 4 is 11.9 Å². The average Bonchev–Trinajstić information content (AvgIpc) is 2.37. The molecule has 0 bridgehead atoms. The van der Waals surface area contributed by atoms with Gasteiger partial charge in [-0.05, 0) is 45.4 Å². The number of carbonyl (C=O) groups excluding carboxylic acids is 2. The van der Waals surface area contributed by atoms with Crippen LogP contribution in [0.2, 0.25) is 0 Å². The molecule has 0 unspecified atom stereocenters. The highest BCUT2D eigenvalue weighted by atomic mass is 16.6. The Kier molecular flexibility index (Phi) is 5.90. The number of hydrogen-bond acceptors (Lipinski definition) is 4. The van der Waals surface area contributed by atoms with Crippen molar-refractivity contribution in [1.29, 1.82) is 0 Å². The minimum atomic E-state index is -0.699. The smallest absolute Gasteiger partial charge is 0.328 e. The zero-order valence-corrected chi connectivity index (χ0v) is 13.2. The van der Waals surface area contributed by atoms with Gasteiger partial charge in [-0.1, -0.05) is 12.1 Å². The van der Waals surface area contributed by atoms with Crippen molar-refractivity contribution in [1.82, 2.24) is 5.32 Å². The van der Waals surface area contributed by atoms with Gasteiger partial charge in [-0.2, -0.15) is 0 Å². The van der Waals surface area contributed by atoms with Crippen LogP contribution in [-0.2, 0) is 20.9 Å². The van der Waals surface area contributed by atoms with Crippen molar-refractivity contribution in [3.63, 3.8) is 0 Å². The molecule has 0 heterocycles. The van der Waals surface area contributed by atoms with Crippen LogP contribution < -0.4 is 5.32 Å². The first kappa shape index (κ1) is 17.2. The second kappa shape index (κ2) is 7.22. The summed E-state index contributed by atoms with van der Waals surface area (Å²) in [6.07, 6.45) is 0. The Morgan fingerprint density at radius 1 is 1.19 bits per heavy atom. The fourth-order valence-electron chi connectivity index (χ4n) is 1.65. The van der Waals surface area contributed by atoms with Gasteiger partial charge in [0.25, 0.3) is 5.91 Å². The average molecular weight is 293 g/mol. The van der Waals surface area contributed by atoms with Gasteiger partial charge in [0.05, 0.1) is 6.61 Å². The number of methoxy groups -OCH3 is 1. The Balaban J connectivity index is 2.61. The summed E-state index contributed by atoms with van der Waals surface area (Å²) in [4.78, 5) is 23.9. The van der Waals surface area contributed by atoms with Crippen LogP contribution in [0.5, 0.6) is 0 Å². The number of ether oxygens (including phenoxy) is 2. The molecule has 1 atom stereocenters. The van der Waals surface area contributed by atoms with Crippen LogP contribution in [-0.4, -0.2) is 30.6 Å². The van der Waals surface area contributed by atoms with E-state index >= 15 is 0 Å². The van der Waals surface area contributed by atoms with Gasteiger partial charge >= 0.3 is 5.97 Å². The number of carbonyl (C=O) groups is 2. The normalized spacial score (nSPS) is 12.6. The van der Waals surface area contributed by atoms with Crippen LogP contribution in [0.25, 0.3) is 0 Å². The van der Waals surface area contributed by atoms with Crippen LogP contribution in [0.1, 0.15) is 43.6 Å². The van der Waals surface area contributed by atoms with Crippen molar-refractivity contribution < 1.29 is 19.1 Å². The lowest BCUT2D eigenvalue weighted by atomic mass is 10.1. The van der Waals surface area contributed by atoms with Crippen molar-refractivity contribution in [2.75, 3.05) is 7.11 Å². The van der Waals surface area contributed by atoms with E-state index in [4.69, 9.17) is 9.47 Å². The van der Waals surface area contributed by atoms with Crippen LogP contribution in [0.4, 0.5) is 0 Å². The predicted octanol–water partition coefficient (Wildman–Crippen LogP) is 2.29. The number of benzene rings is 1. The summed E-state index contributed by atoms with van der Waals surface area (Å²) in [5.41, 5.74) is 0.900. The van der Waals surface area contributed by atoms with Crippen molar-refractivity contribution in [3.8, 4) is 0 Å². The van der Waals surface area contributed by atoms with E-state index in [1.54, 1.807) is 46.9 Å². The molecule has 1 N–H and O–H groups in total. The molecule has 0 aliphatic heterocycles. The zero-order chi connectivity index (χ0) is 16.0. The summed E-state index contributed by atoms with van der Waals surface area (Å²) >= 11 is 0. The summed E-state index contributed by atoms with van der Waals surface area (Å²) in [6.45, 7) is 7.46. The molecule has 1 rings (SSSR count). The maximum absolute atomic E-state index is 12.0. The summed E-state index contributed by atoms with van der Waals surface area (Å²) in [6, 6.07) is 6.33. The topological polar surface area (TPSA) is 64.6 Å². The molecule has 116 valence electrons. The van der Waals surface area contributed by atoms with Gasteiger partial charge < -0.3 is 14.8 Å². The lowest BCUT2D eigenvalue weighted by Gasteiger charge is -2.22. The fraction of sp³-hybridized carbons (Fsp3) is 0.500. The summed E-state index contributed by atoms with van der Waals surface area (Å²) in [5, 5.41) is 2.63. The lowest BCUT2D eigenvalue weighted by molar-refractivity contribution is -0.156. The molecule has 1 aromatic carbocycles. The van der Waals surface area contributed by atoms with E-state index in [9.17, 15) is 9.59 Å². The molecule has 0 aliphatic rings. The van der Waals surface area contributed by atoms with Crippen LogP contribution in [0, 0.1) is 0 Å². The Labute approximate surface area is 125 Å². The Morgan fingerprint density at radius 3 is 2.24 bits per heavy atom. The first-order chi connectivity index (χ1) is 9.73. The number of esters is 1. The number of amides is 1. The summed E-state index contributed by atoms with van der Waals surface area (Å²) in [5.74, 6) is -0.760. The van der Waals surface area contributed by atoms with Gasteiger partial charge in [0.2, 0.25) is 0 Å². The third kappa shape index (κ3) is 5.95. The SMILES string of the molecule is COCc1ccc(C(=O)N[C@H](C)C(=O)OC(C)(C)C)cc1. The molecule has 0 aromatic heterocycles. The van der Waals surface area contributed by atoms with Crippen LogP contribution in [0.3, 0.4) is 0 Å². The minimum absolute atomic E-state index is 0.308. The molecule has 21 heavy (non-hydrogen) atoms. The van der Waals surface area contributed by atoms with Crippen molar-refractivity contribution in [2.45, 2.75) is 45.9 Å². The Hall–Kier alpha value is -1.88. The van der Waals surface area contributed by atoms with Crippen molar-refractivity contribution in [2.24, 2.45) is 0 Å². The molecule has 0 radical (unpaired) electrons. The Bertz CT molecular complexity index is 488. The number of rotatable bonds is 5. The highest BCUT2D eigenvalue weighted by Crippen LogP contribution is 2.09. The number of hydrogen-bond donors (Lipinski definition) is 1. The monoisotopic (exact) mass is 293 g/mol. The maximum Gasteiger partial charge on any atom is 0.328 e. The standard InChI is InChI=1S/C16H23NO4/c1-11(15(19)21-16(2,3)4)17-14(18)13-8-6-12(7-9-13)10-20-5/h6-9,11H,10H2,1-5H3,(H,17,18)/t11-/m1/s1. The van der Waals surface area contributed by atoms with Crippen LogP contribution >= 0.6 is 0 Å².